The summed E-state index contributed by atoms with van der Waals surface area (Å²) in [6, 6.07) is 0. The van der Waals surface area contributed by atoms with Crippen LogP contribution in [-0.2, 0) is 0 Å². The van der Waals surface area contributed by atoms with E-state index >= 15 is 0 Å². The lowest BCUT2D eigenvalue weighted by molar-refractivity contribution is 0.0485. The molecule has 2 heteroatoms. The third-order valence-corrected chi connectivity index (χ3v) is 1.92. The number of aliphatic hydroxyl groups is 1. The van der Waals surface area contributed by atoms with Gasteiger partial charge in [-0.05, 0) is 13.5 Å². The third-order valence-electron chi connectivity index (χ3n) is 1.92. The fourth-order valence-electron chi connectivity index (χ4n) is 1.13. The molecule has 10 heavy (non-hydrogen) atoms. The molecule has 0 saturated heterocycles. The maximum absolute atomic E-state index is 9.48. The van der Waals surface area contributed by atoms with Gasteiger partial charge < -0.3 is 10.4 Å². The zero-order valence-electron chi connectivity index (χ0n) is 7.44. The Balaban J connectivity index is 3.82. The summed E-state index contributed by atoms with van der Waals surface area (Å²) in [5.74, 6) is 0. The summed E-state index contributed by atoms with van der Waals surface area (Å²) >= 11 is 0. The van der Waals surface area contributed by atoms with Gasteiger partial charge >= 0.3 is 0 Å². The highest BCUT2D eigenvalue weighted by Crippen LogP contribution is 2.21. The fourth-order valence-corrected chi connectivity index (χ4v) is 1.13. The van der Waals surface area contributed by atoms with Gasteiger partial charge in [0.05, 0.1) is 6.10 Å². The van der Waals surface area contributed by atoms with E-state index in [1.807, 2.05) is 14.0 Å². The molecule has 2 N–H and O–H groups in total. The Bertz CT molecular complexity index is 91.3. The molecule has 1 atom stereocenters. The molecule has 0 aliphatic heterocycles. The Morgan fingerprint density at radius 2 is 2.00 bits per heavy atom. The van der Waals surface area contributed by atoms with Gasteiger partial charge in [0.1, 0.15) is 0 Å². The van der Waals surface area contributed by atoms with E-state index in [4.69, 9.17) is 0 Å². The summed E-state index contributed by atoms with van der Waals surface area (Å²) in [4.78, 5) is 0. The average Bonchev–Trinajstić information content (AvgIpc) is 1.86. The van der Waals surface area contributed by atoms with Crippen LogP contribution in [0.4, 0.5) is 0 Å². The van der Waals surface area contributed by atoms with Crippen LogP contribution in [-0.4, -0.2) is 24.8 Å². The molecule has 0 aliphatic carbocycles. The molecular weight excluding hydrogens is 126 g/mol. The van der Waals surface area contributed by atoms with E-state index in [1.165, 1.54) is 0 Å². The summed E-state index contributed by atoms with van der Waals surface area (Å²) in [7, 11) is 1.91. The quantitative estimate of drug-likeness (QED) is 0.618. The topological polar surface area (TPSA) is 32.3 Å². The van der Waals surface area contributed by atoms with Gasteiger partial charge in [-0.2, -0.15) is 0 Å². The Labute approximate surface area is 63.6 Å². The van der Waals surface area contributed by atoms with Crippen molar-refractivity contribution in [3.63, 3.8) is 0 Å². The van der Waals surface area contributed by atoms with Crippen LogP contribution in [0.2, 0.25) is 0 Å². The molecular formula is C8H19NO. The summed E-state index contributed by atoms with van der Waals surface area (Å²) in [6.07, 6.45) is 0.634. The van der Waals surface area contributed by atoms with E-state index in [-0.39, 0.29) is 11.5 Å². The summed E-state index contributed by atoms with van der Waals surface area (Å²) in [5.41, 5.74) is 0.00347. The lowest BCUT2D eigenvalue weighted by atomic mass is 9.85. The molecule has 62 valence electrons. The molecule has 0 aliphatic rings. The Morgan fingerprint density at radius 3 is 2.30 bits per heavy atom. The van der Waals surface area contributed by atoms with E-state index < -0.39 is 0 Å². The SMILES string of the molecule is CCC(O)C(C)(C)CNC. The number of aliphatic hydroxyl groups excluding tert-OH is 1. The van der Waals surface area contributed by atoms with E-state index in [0.29, 0.717) is 0 Å². The van der Waals surface area contributed by atoms with Crippen LogP contribution < -0.4 is 5.32 Å². The highest BCUT2D eigenvalue weighted by atomic mass is 16.3. The summed E-state index contributed by atoms with van der Waals surface area (Å²) in [5, 5.41) is 12.5. The van der Waals surface area contributed by atoms with Crippen molar-refractivity contribution < 1.29 is 5.11 Å². The molecule has 1 unspecified atom stereocenters. The Hall–Kier alpha value is -0.0800. The van der Waals surface area contributed by atoms with E-state index in [2.05, 4.69) is 19.2 Å². The lowest BCUT2D eigenvalue weighted by Gasteiger charge is -2.29. The first kappa shape index (κ1) is 9.92. The van der Waals surface area contributed by atoms with Crippen molar-refractivity contribution in [2.75, 3.05) is 13.6 Å². The molecule has 0 spiro atoms. The monoisotopic (exact) mass is 145 g/mol. The Kier molecular flexibility index (Phi) is 3.91. The van der Waals surface area contributed by atoms with Crippen LogP contribution in [0, 0.1) is 5.41 Å². The Morgan fingerprint density at radius 1 is 1.50 bits per heavy atom. The van der Waals surface area contributed by atoms with Crippen molar-refractivity contribution in [1.29, 1.82) is 0 Å². The summed E-state index contributed by atoms with van der Waals surface area (Å²) in [6.45, 7) is 7.00. The second-order valence-electron chi connectivity index (χ2n) is 3.44. The highest BCUT2D eigenvalue weighted by molar-refractivity contribution is 4.77. The largest absolute Gasteiger partial charge is 0.393 e. The average molecular weight is 145 g/mol. The predicted octanol–water partition coefficient (Wildman–Crippen LogP) is 1.00. The van der Waals surface area contributed by atoms with E-state index in [1.54, 1.807) is 0 Å². The minimum absolute atomic E-state index is 0.00347. The molecule has 0 aromatic rings. The van der Waals surface area contributed by atoms with Gasteiger partial charge in [-0.3, -0.25) is 0 Å². The van der Waals surface area contributed by atoms with Crippen molar-refractivity contribution in [3.8, 4) is 0 Å². The minimum Gasteiger partial charge on any atom is -0.393 e. The molecule has 0 radical (unpaired) electrons. The molecule has 0 fully saturated rings. The van der Waals surface area contributed by atoms with Gasteiger partial charge in [0.15, 0.2) is 0 Å². The fraction of sp³-hybridized carbons (Fsp3) is 1.00. The minimum atomic E-state index is -0.194. The molecule has 0 heterocycles. The number of nitrogens with one attached hydrogen (secondary N) is 1. The standard InChI is InChI=1S/C8H19NO/c1-5-7(10)8(2,3)6-9-4/h7,9-10H,5-6H2,1-4H3. The van der Waals surface area contributed by atoms with Crippen LogP contribution in [0.25, 0.3) is 0 Å². The van der Waals surface area contributed by atoms with Crippen molar-refractivity contribution >= 4 is 0 Å². The van der Waals surface area contributed by atoms with Crippen LogP contribution >= 0.6 is 0 Å². The molecule has 0 saturated carbocycles. The van der Waals surface area contributed by atoms with E-state index in [0.717, 1.165) is 13.0 Å². The van der Waals surface area contributed by atoms with Crippen molar-refractivity contribution in [2.24, 2.45) is 5.41 Å². The first-order valence-electron chi connectivity index (χ1n) is 3.87. The van der Waals surface area contributed by atoms with Gasteiger partial charge in [0.25, 0.3) is 0 Å². The second kappa shape index (κ2) is 3.94. The van der Waals surface area contributed by atoms with Gasteiger partial charge in [0.2, 0.25) is 0 Å². The highest BCUT2D eigenvalue weighted by Gasteiger charge is 2.24. The zero-order chi connectivity index (χ0) is 8.20. The molecule has 0 bridgehead atoms. The summed E-state index contributed by atoms with van der Waals surface area (Å²) < 4.78 is 0. The smallest absolute Gasteiger partial charge is 0.0600 e. The molecule has 2 nitrogen and oxygen atoms in total. The van der Waals surface area contributed by atoms with Gasteiger partial charge in [-0.15, -0.1) is 0 Å². The van der Waals surface area contributed by atoms with Gasteiger partial charge in [-0.1, -0.05) is 20.8 Å². The lowest BCUT2D eigenvalue weighted by Crippen LogP contribution is -2.37. The maximum Gasteiger partial charge on any atom is 0.0600 e. The normalized spacial score (nSPS) is 15.3. The number of hydrogen-bond donors (Lipinski definition) is 2. The first-order valence-corrected chi connectivity index (χ1v) is 3.87. The molecule has 0 aromatic heterocycles. The van der Waals surface area contributed by atoms with Crippen molar-refractivity contribution in [3.05, 3.63) is 0 Å². The van der Waals surface area contributed by atoms with Crippen LogP contribution in [0.15, 0.2) is 0 Å². The number of hydrogen-bond acceptors (Lipinski definition) is 2. The second-order valence-corrected chi connectivity index (χ2v) is 3.44. The zero-order valence-corrected chi connectivity index (χ0v) is 7.44. The molecule has 0 aromatic carbocycles. The van der Waals surface area contributed by atoms with Crippen LogP contribution in [0.5, 0.6) is 0 Å². The van der Waals surface area contributed by atoms with Gasteiger partial charge in [-0.25, -0.2) is 0 Å². The first-order chi connectivity index (χ1) is 4.54. The molecule has 0 rings (SSSR count). The maximum atomic E-state index is 9.48. The van der Waals surface area contributed by atoms with Crippen molar-refractivity contribution in [2.45, 2.75) is 33.3 Å². The van der Waals surface area contributed by atoms with Crippen LogP contribution in [0.3, 0.4) is 0 Å². The van der Waals surface area contributed by atoms with E-state index in [9.17, 15) is 5.11 Å². The third kappa shape index (κ3) is 2.67. The molecule has 0 amide bonds. The van der Waals surface area contributed by atoms with Crippen molar-refractivity contribution in [1.82, 2.24) is 5.32 Å². The predicted molar refractivity (Wildman–Crippen MR) is 44.0 cm³/mol. The van der Waals surface area contributed by atoms with Crippen LogP contribution in [0.1, 0.15) is 27.2 Å². The van der Waals surface area contributed by atoms with Gasteiger partial charge in [0, 0.05) is 12.0 Å². The number of rotatable bonds is 4.